The predicted octanol–water partition coefficient (Wildman–Crippen LogP) is 6.42. The number of carbonyl (C=O) groups excluding carboxylic acids is 1. The molecule has 6 heteroatoms. The number of aromatic amines is 1. The summed E-state index contributed by atoms with van der Waals surface area (Å²) in [4.78, 5) is 24.6. The molecule has 5 rings (SSSR count). The average molecular weight is 437 g/mol. The molecule has 0 aliphatic heterocycles. The molecule has 5 aromatic rings. The fourth-order valence-corrected chi connectivity index (χ4v) is 4.09. The first-order chi connectivity index (χ1) is 16.1. The molecule has 0 aliphatic carbocycles. The van der Waals surface area contributed by atoms with E-state index in [2.05, 4.69) is 40.2 Å². The van der Waals surface area contributed by atoms with E-state index >= 15 is 0 Å². The summed E-state index contributed by atoms with van der Waals surface area (Å²) in [5, 5.41) is 5.62. The Morgan fingerprint density at radius 2 is 1.94 bits per heavy atom. The third kappa shape index (κ3) is 4.15. The van der Waals surface area contributed by atoms with E-state index in [-0.39, 0.29) is 5.91 Å². The van der Waals surface area contributed by atoms with Crippen molar-refractivity contribution in [1.29, 1.82) is 0 Å². The van der Waals surface area contributed by atoms with Crippen LogP contribution < -0.4 is 10.1 Å². The van der Waals surface area contributed by atoms with Crippen molar-refractivity contribution >= 4 is 33.4 Å². The number of hydrogen-bond donors (Lipinski definition) is 2. The van der Waals surface area contributed by atoms with Gasteiger partial charge in [-0.15, -0.1) is 0 Å². The second-order valence-electron chi connectivity index (χ2n) is 8.05. The van der Waals surface area contributed by atoms with Gasteiger partial charge in [0.05, 0.1) is 5.39 Å². The fraction of sp³-hybridized carbons (Fsp3) is 0.148. The number of benzene rings is 3. The molecular formula is C27H24N4O2. The zero-order valence-corrected chi connectivity index (χ0v) is 18.6. The van der Waals surface area contributed by atoms with Crippen molar-refractivity contribution in [1.82, 2.24) is 15.0 Å². The first kappa shape index (κ1) is 20.7. The van der Waals surface area contributed by atoms with Gasteiger partial charge in [0.15, 0.2) is 0 Å². The minimum atomic E-state index is -0.137. The zero-order valence-electron chi connectivity index (χ0n) is 18.6. The second-order valence-corrected chi connectivity index (χ2v) is 8.05. The normalized spacial score (nSPS) is 11.1. The SMILES string of the molecule is CCCc1ccc(NC(=O)c2cccc3cc(Oc4ncnc5[nH]ccc45)ccc23)cc1C. The number of aromatic nitrogens is 3. The highest BCUT2D eigenvalue weighted by molar-refractivity contribution is 6.13. The van der Waals surface area contributed by atoms with Crippen LogP contribution in [0, 0.1) is 6.92 Å². The van der Waals surface area contributed by atoms with Crippen LogP contribution in [-0.2, 0) is 6.42 Å². The summed E-state index contributed by atoms with van der Waals surface area (Å²) in [5.41, 5.74) is 4.64. The Hall–Kier alpha value is -4.19. The van der Waals surface area contributed by atoms with Crippen LogP contribution in [0.2, 0.25) is 0 Å². The molecule has 0 spiro atoms. The van der Waals surface area contributed by atoms with E-state index < -0.39 is 0 Å². The molecule has 3 aromatic carbocycles. The molecule has 0 radical (unpaired) electrons. The Balaban J connectivity index is 1.41. The highest BCUT2D eigenvalue weighted by Crippen LogP contribution is 2.30. The number of nitrogens with one attached hydrogen (secondary N) is 2. The maximum absolute atomic E-state index is 13.1. The molecule has 0 aliphatic rings. The lowest BCUT2D eigenvalue weighted by Gasteiger charge is -2.12. The number of hydrogen-bond acceptors (Lipinski definition) is 4. The van der Waals surface area contributed by atoms with E-state index in [0.717, 1.165) is 40.3 Å². The summed E-state index contributed by atoms with van der Waals surface area (Å²) in [5.74, 6) is 0.988. The number of H-pyrrole nitrogens is 1. The maximum atomic E-state index is 13.1. The van der Waals surface area contributed by atoms with Gasteiger partial charge in [0.2, 0.25) is 5.88 Å². The summed E-state index contributed by atoms with van der Waals surface area (Å²) >= 11 is 0. The number of fused-ring (bicyclic) bond motifs is 2. The van der Waals surface area contributed by atoms with E-state index in [0.29, 0.717) is 17.2 Å². The summed E-state index contributed by atoms with van der Waals surface area (Å²) in [6, 6.07) is 19.3. The van der Waals surface area contributed by atoms with E-state index in [1.807, 2.05) is 54.6 Å². The van der Waals surface area contributed by atoms with Crippen LogP contribution >= 0.6 is 0 Å². The van der Waals surface area contributed by atoms with Crippen LogP contribution in [0.1, 0.15) is 34.8 Å². The standard InChI is InChI=1S/C27H24N4O2/c1-3-5-18-8-9-20(14-17(18)2)31-26(32)23-7-4-6-19-15-21(10-11-22(19)23)33-27-24-12-13-28-25(24)29-16-30-27/h4,6-16H,3,5H2,1-2H3,(H,31,32)(H,28,29,30). The molecule has 164 valence electrons. The lowest BCUT2D eigenvalue weighted by atomic mass is 10.0. The zero-order chi connectivity index (χ0) is 22.8. The van der Waals surface area contributed by atoms with Crippen LogP contribution in [0.25, 0.3) is 21.8 Å². The summed E-state index contributed by atoms with van der Waals surface area (Å²) < 4.78 is 6.03. The highest BCUT2D eigenvalue weighted by atomic mass is 16.5. The van der Waals surface area contributed by atoms with E-state index in [4.69, 9.17) is 4.74 Å². The van der Waals surface area contributed by atoms with Gasteiger partial charge in [0.1, 0.15) is 17.7 Å². The summed E-state index contributed by atoms with van der Waals surface area (Å²) in [6.07, 6.45) is 5.41. The molecule has 2 N–H and O–H groups in total. The smallest absolute Gasteiger partial charge is 0.256 e. The van der Waals surface area contributed by atoms with E-state index in [1.165, 1.54) is 17.5 Å². The topological polar surface area (TPSA) is 79.9 Å². The number of nitrogens with zero attached hydrogens (tertiary/aromatic N) is 2. The number of anilines is 1. The molecule has 1 amide bonds. The molecule has 2 aromatic heterocycles. The molecule has 0 fully saturated rings. The van der Waals surface area contributed by atoms with Gasteiger partial charge in [-0.1, -0.05) is 31.5 Å². The minimum Gasteiger partial charge on any atom is -0.438 e. The van der Waals surface area contributed by atoms with Gasteiger partial charge < -0.3 is 15.0 Å². The molecule has 0 unspecified atom stereocenters. The van der Waals surface area contributed by atoms with Crippen molar-refractivity contribution in [3.63, 3.8) is 0 Å². The highest BCUT2D eigenvalue weighted by Gasteiger charge is 2.13. The third-order valence-corrected chi connectivity index (χ3v) is 5.75. The number of rotatable bonds is 6. The van der Waals surface area contributed by atoms with Crippen LogP contribution in [0.5, 0.6) is 11.6 Å². The van der Waals surface area contributed by atoms with Crippen molar-refractivity contribution in [2.75, 3.05) is 5.32 Å². The number of ether oxygens (including phenoxy) is 1. The molecule has 0 atom stereocenters. The number of amides is 1. The Morgan fingerprint density at radius 3 is 2.79 bits per heavy atom. The van der Waals surface area contributed by atoms with Crippen molar-refractivity contribution < 1.29 is 9.53 Å². The monoisotopic (exact) mass is 436 g/mol. The predicted molar refractivity (Wildman–Crippen MR) is 131 cm³/mol. The maximum Gasteiger partial charge on any atom is 0.256 e. The van der Waals surface area contributed by atoms with Gasteiger partial charge in [0.25, 0.3) is 5.91 Å². The van der Waals surface area contributed by atoms with Crippen molar-refractivity contribution in [2.45, 2.75) is 26.7 Å². The van der Waals surface area contributed by atoms with Crippen molar-refractivity contribution in [3.05, 3.63) is 89.9 Å². The summed E-state index contributed by atoms with van der Waals surface area (Å²) in [7, 11) is 0. The van der Waals surface area contributed by atoms with Gasteiger partial charge in [-0.3, -0.25) is 4.79 Å². The van der Waals surface area contributed by atoms with Crippen LogP contribution in [0.15, 0.2) is 73.2 Å². The van der Waals surface area contributed by atoms with Crippen LogP contribution in [0.3, 0.4) is 0 Å². The largest absolute Gasteiger partial charge is 0.438 e. The quantitative estimate of drug-likeness (QED) is 0.322. The van der Waals surface area contributed by atoms with Crippen LogP contribution in [-0.4, -0.2) is 20.9 Å². The van der Waals surface area contributed by atoms with Gasteiger partial charge in [-0.05, 0) is 77.7 Å². The Bertz CT molecular complexity index is 1470. The van der Waals surface area contributed by atoms with Gasteiger partial charge >= 0.3 is 0 Å². The lowest BCUT2D eigenvalue weighted by Crippen LogP contribution is -2.12. The summed E-state index contributed by atoms with van der Waals surface area (Å²) in [6.45, 7) is 4.25. The molecule has 0 saturated heterocycles. The Morgan fingerprint density at radius 1 is 1.03 bits per heavy atom. The Kier molecular flexibility index (Phi) is 5.48. The van der Waals surface area contributed by atoms with Gasteiger partial charge in [-0.2, -0.15) is 0 Å². The van der Waals surface area contributed by atoms with Crippen molar-refractivity contribution in [3.8, 4) is 11.6 Å². The molecular weight excluding hydrogens is 412 g/mol. The lowest BCUT2D eigenvalue weighted by molar-refractivity contribution is 0.102. The molecule has 0 bridgehead atoms. The fourth-order valence-electron chi connectivity index (χ4n) is 4.09. The first-order valence-electron chi connectivity index (χ1n) is 11.0. The van der Waals surface area contributed by atoms with E-state index in [1.54, 1.807) is 6.20 Å². The third-order valence-electron chi connectivity index (χ3n) is 5.75. The second kappa shape index (κ2) is 8.74. The van der Waals surface area contributed by atoms with Crippen LogP contribution in [0.4, 0.5) is 5.69 Å². The molecule has 0 saturated carbocycles. The minimum absolute atomic E-state index is 0.137. The molecule has 33 heavy (non-hydrogen) atoms. The molecule has 2 heterocycles. The van der Waals surface area contributed by atoms with Gasteiger partial charge in [0, 0.05) is 17.4 Å². The Labute approximate surface area is 191 Å². The van der Waals surface area contributed by atoms with Gasteiger partial charge in [-0.25, -0.2) is 9.97 Å². The van der Waals surface area contributed by atoms with E-state index in [9.17, 15) is 4.79 Å². The average Bonchev–Trinajstić information content (AvgIpc) is 3.30. The molecule has 6 nitrogen and oxygen atoms in total. The first-order valence-corrected chi connectivity index (χ1v) is 11.0. The van der Waals surface area contributed by atoms with Crippen molar-refractivity contribution in [2.24, 2.45) is 0 Å². The number of aryl methyl sites for hydroxylation is 2. The number of carbonyl (C=O) groups is 1.